The van der Waals surface area contributed by atoms with Crippen LogP contribution in [0, 0.1) is 12.8 Å². The molecule has 0 aliphatic heterocycles. The number of aryl methyl sites for hydroxylation is 1. The Bertz CT molecular complexity index is 571. The summed E-state index contributed by atoms with van der Waals surface area (Å²) in [4.78, 5) is 6.84. The molecule has 0 saturated heterocycles. The zero-order chi connectivity index (χ0) is 13.4. The van der Waals surface area contributed by atoms with Crippen molar-refractivity contribution in [3.8, 4) is 10.6 Å². The second-order valence-electron chi connectivity index (χ2n) is 5.22. The number of rotatable bonds is 4. The predicted molar refractivity (Wildman–Crippen MR) is 83.0 cm³/mol. The molecular formula is C13H18N4S2. The van der Waals surface area contributed by atoms with Crippen molar-refractivity contribution >= 4 is 33.7 Å². The predicted octanol–water partition coefficient (Wildman–Crippen LogP) is 3.39. The third kappa shape index (κ3) is 2.47. The van der Waals surface area contributed by atoms with Crippen molar-refractivity contribution in [3.63, 3.8) is 0 Å². The Morgan fingerprint density at radius 2 is 2.26 bits per heavy atom. The molecule has 1 aliphatic rings. The Morgan fingerprint density at radius 3 is 2.84 bits per heavy atom. The fourth-order valence-electron chi connectivity index (χ4n) is 2.37. The Hall–Kier alpha value is -1.14. The van der Waals surface area contributed by atoms with Crippen LogP contribution < -0.4 is 10.6 Å². The van der Waals surface area contributed by atoms with Gasteiger partial charge in [-0.05, 0) is 37.2 Å². The monoisotopic (exact) mass is 294 g/mol. The van der Waals surface area contributed by atoms with E-state index in [-0.39, 0.29) is 0 Å². The minimum Gasteiger partial charge on any atom is -0.382 e. The van der Waals surface area contributed by atoms with Gasteiger partial charge in [0, 0.05) is 24.7 Å². The van der Waals surface area contributed by atoms with Crippen molar-refractivity contribution in [3.05, 3.63) is 11.1 Å². The summed E-state index contributed by atoms with van der Waals surface area (Å²) in [6.45, 7) is 3.10. The van der Waals surface area contributed by atoms with Gasteiger partial charge in [-0.1, -0.05) is 6.42 Å². The fraction of sp³-hybridized carbons (Fsp3) is 0.538. The molecule has 0 bridgehead atoms. The van der Waals surface area contributed by atoms with E-state index in [0.717, 1.165) is 33.7 Å². The smallest absolute Gasteiger partial charge is 0.149 e. The SMILES string of the molecule is Cc1csc(-c2c(N)nsc2N(C)CC2CCC2)n1. The molecule has 2 N–H and O–H groups in total. The molecule has 1 saturated carbocycles. The Labute approximate surface area is 121 Å². The van der Waals surface area contributed by atoms with Crippen molar-refractivity contribution in [2.24, 2.45) is 5.92 Å². The summed E-state index contributed by atoms with van der Waals surface area (Å²) >= 11 is 3.12. The number of anilines is 2. The highest BCUT2D eigenvalue weighted by Gasteiger charge is 2.24. The fourth-order valence-corrected chi connectivity index (χ4v) is 4.07. The van der Waals surface area contributed by atoms with Gasteiger partial charge in [0.25, 0.3) is 0 Å². The second-order valence-corrected chi connectivity index (χ2v) is 6.83. The minimum absolute atomic E-state index is 0.606. The van der Waals surface area contributed by atoms with Crippen LogP contribution in [0.15, 0.2) is 5.38 Å². The first-order valence-corrected chi connectivity index (χ1v) is 8.19. The lowest BCUT2D eigenvalue weighted by Gasteiger charge is -2.30. The van der Waals surface area contributed by atoms with Gasteiger partial charge in [0.05, 0.1) is 5.56 Å². The van der Waals surface area contributed by atoms with Gasteiger partial charge in [-0.2, -0.15) is 4.37 Å². The maximum absolute atomic E-state index is 6.04. The van der Waals surface area contributed by atoms with Crippen molar-refractivity contribution < 1.29 is 0 Å². The van der Waals surface area contributed by atoms with Gasteiger partial charge in [0.2, 0.25) is 0 Å². The number of thiazole rings is 1. The lowest BCUT2D eigenvalue weighted by Crippen LogP contribution is -2.29. The van der Waals surface area contributed by atoms with Crippen LogP contribution in [-0.2, 0) is 0 Å². The third-order valence-electron chi connectivity index (χ3n) is 3.64. The van der Waals surface area contributed by atoms with Crippen LogP contribution >= 0.6 is 22.9 Å². The highest BCUT2D eigenvalue weighted by Crippen LogP contribution is 2.41. The first-order valence-electron chi connectivity index (χ1n) is 6.54. The summed E-state index contributed by atoms with van der Waals surface area (Å²) in [7, 11) is 2.13. The summed E-state index contributed by atoms with van der Waals surface area (Å²) in [5, 5.41) is 4.19. The van der Waals surface area contributed by atoms with E-state index in [9.17, 15) is 0 Å². The number of hydrogen-bond acceptors (Lipinski definition) is 6. The molecule has 0 spiro atoms. The standard InChI is InChI=1S/C13H18N4S2/c1-8-7-18-12(15-8)10-11(14)16-19-13(10)17(2)6-9-4-3-5-9/h7,9H,3-6H2,1-2H3,(H2,14,16). The van der Waals surface area contributed by atoms with Crippen molar-refractivity contribution in [2.75, 3.05) is 24.2 Å². The molecule has 0 radical (unpaired) electrons. The highest BCUT2D eigenvalue weighted by atomic mass is 32.1. The highest BCUT2D eigenvalue weighted by molar-refractivity contribution is 7.15. The quantitative estimate of drug-likeness (QED) is 0.939. The Morgan fingerprint density at radius 1 is 1.47 bits per heavy atom. The van der Waals surface area contributed by atoms with E-state index < -0.39 is 0 Å². The van der Waals surface area contributed by atoms with Crippen LogP contribution in [0.4, 0.5) is 10.8 Å². The first-order chi connectivity index (χ1) is 9.15. The van der Waals surface area contributed by atoms with E-state index in [1.807, 2.05) is 6.92 Å². The lowest BCUT2D eigenvalue weighted by molar-refractivity contribution is 0.322. The molecule has 19 heavy (non-hydrogen) atoms. The molecule has 3 rings (SSSR count). The second kappa shape index (κ2) is 5.09. The molecule has 0 atom stereocenters. The Kier molecular flexibility index (Phi) is 3.45. The molecule has 2 aromatic heterocycles. The summed E-state index contributed by atoms with van der Waals surface area (Å²) in [5.41, 5.74) is 8.10. The van der Waals surface area contributed by atoms with Gasteiger partial charge in [0.1, 0.15) is 15.8 Å². The molecule has 4 nitrogen and oxygen atoms in total. The molecule has 1 aliphatic carbocycles. The third-order valence-corrected chi connectivity index (χ3v) is 5.59. The lowest BCUT2D eigenvalue weighted by atomic mass is 9.85. The van der Waals surface area contributed by atoms with Crippen LogP contribution in [0.25, 0.3) is 10.6 Å². The molecule has 1 fully saturated rings. The van der Waals surface area contributed by atoms with Gasteiger partial charge in [0.15, 0.2) is 0 Å². The molecular weight excluding hydrogens is 276 g/mol. The summed E-state index contributed by atoms with van der Waals surface area (Å²) in [5.74, 6) is 1.44. The van der Waals surface area contributed by atoms with Crippen LogP contribution in [0.3, 0.4) is 0 Å². The maximum Gasteiger partial charge on any atom is 0.149 e. The zero-order valence-electron chi connectivity index (χ0n) is 11.2. The van der Waals surface area contributed by atoms with Crippen LogP contribution in [0.1, 0.15) is 25.0 Å². The van der Waals surface area contributed by atoms with Crippen LogP contribution in [-0.4, -0.2) is 22.9 Å². The van der Waals surface area contributed by atoms with E-state index in [4.69, 9.17) is 5.73 Å². The normalized spacial score (nSPS) is 15.5. The Balaban J connectivity index is 1.89. The maximum atomic E-state index is 6.04. The molecule has 2 aromatic rings. The average Bonchev–Trinajstić information content (AvgIpc) is 2.89. The number of hydrogen-bond donors (Lipinski definition) is 1. The summed E-state index contributed by atoms with van der Waals surface area (Å²) in [6, 6.07) is 0. The van der Waals surface area contributed by atoms with E-state index in [1.165, 1.54) is 30.8 Å². The molecule has 6 heteroatoms. The molecule has 0 unspecified atom stereocenters. The van der Waals surface area contributed by atoms with Crippen molar-refractivity contribution in [1.82, 2.24) is 9.36 Å². The van der Waals surface area contributed by atoms with E-state index in [0.29, 0.717) is 5.82 Å². The van der Waals surface area contributed by atoms with Crippen molar-refractivity contribution in [2.45, 2.75) is 26.2 Å². The topological polar surface area (TPSA) is 55.0 Å². The number of aromatic nitrogens is 2. The van der Waals surface area contributed by atoms with Gasteiger partial charge < -0.3 is 10.6 Å². The molecule has 102 valence electrons. The number of nitrogens with zero attached hydrogens (tertiary/aromatic N) is 3. The zero-order valence-corrected chi connectivity index (χ0v) is 12.9. The van der Waals surface area contributed by atoms with E-state index >= 15 is 0 Å². The average molecular weight is 294 g/mol. The number of nitrogens with two attached hydrogens (primary N) is 1. The van der Waals surface area contributed by atoms with Gasteiger partial charge >= 0.3 is 0 Å². The largest absolute Gasteiger partial charge is 0.382 e. The van der Waals surface area contributed by atoms with Gasteiger partial charge in [-0.3, -0.25) is 0 Å². The summed E-state index contributed by atoms with van der Waals surface area (Å²) in [6.07, 6.45) is 4.08. The molecule has 2 heterocycles. The van der Waals surface area contributed by atoms with Gasteiger partial charge in [-0.25, -0.2) is 4.98 Å². The van der Waals surface area contributed by atoms with Gasteiger partial charge in [-0.15, -0.1) is 11.3 Å². The number of nitrogen functional groups attached to an aromatic ring is 1. The molecule has 0 aromatic carbocycles. The minimum atomic E-state index is 0.606. The first kappa shape index (κ1) is 12.9. The van der Waals surface area contributed by atoms with E-state index in [2.05, 4.69) is 26.7 Å². The van der Waals surface area contributed by atoms with Crippen LogP contribution in [0.2, 0.25) is 0 Å². The van der Waals surface area contributed by atoms with Crippen molar-refractivity contribution in [1.29, 1.82) is 0 Å². The van der Waals surface area contributed by atoms with Crippen LogP contribution in [0.5, 0.6) is 0 Å². The van der Waals surface area contributed by atoms with E-state index in [1.54, 1.807) is 11.3 Å². The molecule has 0 amide bonds. The summed E-state index contributed by atoms with van der Waals surface area (Å²) < 4.78 is 4.32.